The fourth-order valence-corrected chi connectivity index (χ4v) is 1.85. The Morgan fingerprint density at radius 2 is 1.95 bits per heavy atom. The fourth-order valence-electron chi connectivity index (χ4n) is 1.85. The summed E-state index contributed by atoms with van der Waals surface area (Å²) in [5.74, 6) is 0.997. The molecule has 0 saturated heterocycles. The smallest absolute Gasteiger partial charge is 0.216 e. The number of methoxy groups -OCH3 is 2. The van der Waals surface area contributed by atoms with E-state index in [0.717, 1.165) is 0 Å². The van der Waals surface area contributed by atoms with E-state index < -0.39 is 6.10 Å². The number of aliphatic hydroxyl groups excluding tert-OH is 1. The molecule has 0 fully saturated rings. The lowest BCUT2D eigenvalue weighted by Gasteiger charge is -2.16. The molecule has 21 heavy (non-hydrogen) atoms. The summed E-state index contributed by atoms with van der Waals surface area (Å²) in [6.45, 7) is 0.888. The van der Waals surface area contributed by atoms with Crippen LogP contribution < -0.4 is 9.47 Å². The molecule has 6 nitrogen and oxygen atoms in total. The molecule has 2 aromatic rings. The van der Waals surface area contributed by atoms with E-state index in [-0.39, 0.29) is 0 Å². The summed E-state index contributed by atoms with van der Waals surface area (Å²) in [4.78, 5) is 8.00. The van der Waals surface area contributed by atoms with E-state index in [0.29, 0.717) is 36.1 Å². The van der Waals surface area contributed by atoms with Crippen molar-refractivity contribution in [2.24, 2.45) is 0 Å². The SMILES string of the molecule is COCCOc1ccccc1C(O)c1cc(OC)ncn1. The molecule has 1 aromatic carbocycles. The molecular formula is C15H18N2O4. The Bertz CT molecular complexity index is 577. The van der Waals surface area contributed by atoms with Gasteiger partial charge in [0, 0.05) is 18.7 Å². The van der Waals surface area contributed by atoms with Crippen LogP contribution in [0, 0.1) is 0 Å². The third kappa shape index (κ3) is 3.90. The summed E-state index contributed by atoms with van der Waals surface area (Å²) in [7, 11) is 3.12. The van der Waals surface area contributed by atoms with E-state index in [4.69, 9.17) is 14.2 Å². The van der Waals surface area contributed by atoms with Crippen molar-refractivity contribution in [1.82, 2.24) is 9.97 Å². The van der Waals surface area contributed by atoms with Gasteiger partial charge in [-0.15, -0.1) is 0 Å². The Kier molecular flexibility index (Phi) is 5.48. The van der Waals surface area contributed by atoms with Gasteiger partial charge in [-0.3, -0.25) is 0 Å². The van der Waals surface area contributed by atoms with Crippen LogP contribution in [0.2, 0.25) is 0 Å². The first kappa shape index (κ1) is 15.2. The van der Waals surface area contributed by atoms with Crippen LogP contribution in [0.5, 0.6) is 11.6 Å². The van der Waals surface area contributed by atoms with Crippen molar-refractivity contribution in [2.75, 3.05) is 27.4 Å². The maximum Gasteiger partial charge on any atom is 0.216 e. The van der Waals surface area contributed by atoms with Gasteiger partial charge in [0.2, 0.25) is 5.88 Å². The fraction of sp³-hybridized carbons (Fsp3) is 0.333. The summed E-state index contributed by atoms with van der Waals surface area (Å²) >= 11 is 0. The van der Waals surface area contributed by atoms with Gasteiger partial charge in [-0.1, -0.05) is 18.2 Å². The van der Waals surface area contributed by atoms with Gasteiger partial charge in [0.25, 0.3) is 0 Å². The number of aliphatic hydroxyl groups is 1. The lowest BCUT2D eigenvalue weighted by atomic mass is 10.1. The molecule has 0 bridgehead atoms. The lowest BCUT2D eigenvalue weighted by molar-refractivity contribution is 0.142. The number of aromatic nitrogens is 2. The molecule has 1 heterocycles. The summed E-state index contributed by atoms with van der Waals surface area (Å²) in [6, 6.07) is 8.86. The van der Waals surface area contributed by atoms with Gasteiger partial charge in [0.05, 0.1) is 19.4 Å². The van der Waals surface area contributed by atoms with E-state index in [1.54, 1.807) is 25.3 Å². The van der Waals surface area contributed by atoms with Crippen molar-refractivity contribution in [3.8, 4) is 11.6 Å². The first-order valence-electron chi connectivity index (χ1n) is 6.51. The molecule has 1 atom stereocenters. The molecule has 0 saturated carbocycles. The van der Waals surface area contributed by atoms with Crippen molar-refractivity contribution in [1.29, 1.82) is 0 Å². The third-order valence-electron chi connectivity index (χ3n) is 2.91. The Hall–Kier alpha value is -2.18. The van der Waals surface area contributed by atoms with Crippen LogP contribution in [-0.4, -0.2) is 42.5 Å². The minimum absolute atomic E-state index is 0.400. The Balaban J connectivity index is 2.23. The zero-order valence-electron chi connectivity index (χ0n) is 12.0. The topological polar surface area (TPSA) is 73.7 Å². The Morgan fingerprint density at radius 3 is 2.71 bits per heavy atom. The van der Waals surface area contributed by atoms with Gasteiger partial charge >= 0.3 is 0 Å². The zero-order chi connectivity index (χ0) is 15.1. The van der Waals surface area contributed by atoms with Crippen LogP contribution >= 0.6 is 0 Å². The molecule has 1 N–H and O–H groups in total. The molecule has 0 aliphatic heterocycles. The van der Waals surface area contributed by atoms with Crippen molar-refractivity contribution < 1.29 is 19.3 Å². The lowest BCUT2D eigenvalue weighted by Crippen LogP contribution is -2.09. The number of benzene rings is 1. The highest BCUT2D eigenvalue weighted by molar-refractivity contribution is 5.39. The van der Waals surface area contributed by atoms with Gasteiger partial charge in [-0.25, -0.2) is 9.97 Å². The maximum atomic E-state index is 10.5. The summed E-state index contributed by atoms with van der Waals surface area (Å²) in [5.41, 5.74) is 1.08. The van der Waals surface area contributed by atoms with Crippen molar-refractivity contribution >= 4 is 0 Å². The van der Waals surface area contributed by atoms with E-state index in [2.05, 4.69) is 9.97 Å². The molecule has 0 aliphatic rings. The van der Waals surface area contributed by atoms with Crippen LogP contribution in [0.4, 0.5) is 0 Å². The first-order chi connectivity index (χ1) is 10.3. The summed E-state index contributed by atoms with van der Waals surface area (Å²) < 4.78 is 15.6. The average Bonchev–Trinajstić information content (AvgIpc) is 2.55. The minimum atomic E-state index is -0.916. The number of ether oxygens (including phenoxy) is 3. The predicted molar refractivity (Wildman–Crippen MR) is 76.5 cm³/mol. The number of hydrogen-bond acceptors (Lipinski definition) is 6. The number of nitrogens with zero attached hydrogens (tertiary/aromatic N) is 2. The van der Waals surface area contributed by atoms with Crippen molar-refractivity contribution in [2.45, 2.75) is 6.10 Å². The summed E-state index contributed by atoms with van der Waals surface area (Å²) in [6.07, 6.45) is 0.437. The molecule has 0 spiro atoms. The molecule has 112 valence electrons. The van der Waals surface area contributed by atoms with Crippen LogP contribution in [0.25, 0.3) is 0 Å². The van der Waals surface area contributed by atoms with Crippen molar-refractivity contribution in [3.63, 3.8) is 0 Å². The first-order valence-corrected chi connectivity index (χ1v) is 6.51. The van der Waals surface area contributed by atoms with Crippen LogP contribution in [0.15, 0.2) is 36.7 Å². The largest absolute Gasteiger partial charge is 0.491 e. The normalized spacial score (nSPS) is 12.0. The Labute approximate surface area is 123 Å². The van der Waals surface area contributed by atoms with E-state index in [9.17, 15) is 5.11 Å². The zero-order valence-corrected chi connectivity index (χ0v) is 12.0. The number of para-hydroxylation sites is 1. The highest BCUT2D eigenvalue weighted by Crippen LogP contribution is 2.29. The van der Waals surface area contributed by atoms with Crippen LogP contribution in [0.1, 0.15) is 17.4 Å². The molecule has 2 rings (SSSR count). The highest BCUT2D eigenvalue weighted by atomic mass is 16.5. The monoisotopic (exact) mass is 290 g/mol. The van der Waals surface area contributed by atoms with Crippen LogP contribution in [-0.2, 0) is 4.74 Å². The molecule has 6 heteroatoms. The highest BCUT2D eigenvalue weighted by Gasteiger charge is 2.17. The van der Waals surface area contributed by atoms with Gasteiger partial charge in [0.15, 0.2) is 0 Å². The second-order valence-electron chi connectivity index (χ2n) is 4.27. The second-order valence-corrected chi connectivity index (χ2v) is 4.27. The Morgan fingerprint density at radius 1 is 1.14 bits per heavy atom. The number of hydrogen-bond donors (Lipinski definition) is 1. The third-order valence-corrected chi connectivity index (χ3v) is 2.91. The van der Waals surface area contributed by atoms with E-state index in [1.165, 1.54) is 13.4 Å². The molecule has 0 amide bonds. The molecule has 1 aromatic heterocycles. The molecular weight excluding hydrogens is 272 g/mol. The quantitative estimate of drug-likeness (QED) is 0.781. The van der Waals surface area contributed by atoms with E-state index >= 15 is 0 Å². The maximum absolute atomic E-state index is 10.5. The minimum Gasteiger partial charge on any atom is -0.491 e. The molecule has 0 radical (unpaired) electrons. The van der Waals surface area contributed by atoms with Gasteiger partial charge in [-0.05, 0) is 6.07 Å². The molecule has 0 aliphatic carbocycles. The predicted octanol–water partition coefficient (Wildman–Crippen LogP) is 1.59. The van der Waals surface area contributed by atoms with Crippen molar-refractivity contribution in [3.05, 3.63) is 47.9 Å². The average molecular weight is 290 g/mol. The van der Waals surface area contributed by atoms with Gasteiger partial charge in [-0.2, -0.15) is 0 Å². The van der Waals surface area contributed by atoms with Gasteiger partial charge in [0.1, 0.15) is 24.8 Å². The summed E-state index contributed by atoms with van der Waals surface area (Å²) in [5, 5.41) is 10.5. The van der Waals surface area contributed by atoms with Crippen LogP contribution in [0.3, 0.4) is 0 Å². The number of rotatable bonds is 7. The van der Waals surface area contributed by atoms with E-state index in [1.807, 2.05) is 12.1 Å². The second kappa shape index (κ2) is 7.56. The van der Waals surface area contributed by atoms with Gasteiger partial charge < -0.3 is 19.3 Å². The standard InChI is InChI=1S/C15H18N2O4/c1-19-7-8-21-13-6-4-3-5-11(13)15(18)12-9-14(20-2)17-10-16-12/h3-6,9-10,15,18H,7-8H2,1-2H3. The molecule has 1 unspecified atom stereocenters.